The van der Waals surface area contributed by atoms with Gasteiger partial charge in [0.2, 0.25) is 11.8 Å². The Morgan fingerprint density at radius 3 is 1.11 bits per heavy atom. The van der Waals surface area contributed by atoms with Gasteiger partial charge in [-0.25, -0.2) is 17.6 Å². The summed E-state index contributed by atoms with van der Waals surface area (Å²) in [5, 5.41) is 5.53. The standard InChI is InChI=1S/C20H30F4N2O2/c21-13-5-14(22)8-17(7-13)25-19(27)11-1-2-12(4-3-11)20(28)26-18-9-15(23)6-16(24)10-18/h11-18H,1-10H2,(H,25,27)(H,26,28). The van der Waals surface area contributed by atoms with Gasteiger partial charge in [-0.3, -0.25) is 9.59 Å². The largest absolute Gasteiger partial charge is 0.353 e. The summed E-state index contributed by atoms with van der Waals surface area (Å²) >= 11 is 0. The summed E-state index contributed by atoms with van der Waals surface area (Å²) in [7, 11) is 0. The van der Waals surface area contributed by atoms with E-state index in [0.29, 0.717) is 25.7 Å². The molecule has 3 aliphatic rings. The molecule has 0 heterocycles. The molecule has 4 atom stereocenters. The first kappa shape index (κ1) is 21.4. The molecule has 0 aromatic heterocycles. The van der Waals surface area contributed by atoms with Crippen LogP contribution in [0.2, 0.25) is 0 Å². The summed E-state index contributed by atoms with van der Waals surface area (Å²) < 4.78 is 53.9. The van der Waals surface area contributed by atoms with E-state index in [4.69, 9.17) is 0 Å². The number of carbonyl (C=O) groups excluding carboxylic acids is 2. The van der Waals surface area contributed by atoms with Gasteiger partial charge in [-0.2, -0.15) is 0 Å². The van der Waals surface area contributed by atoms with Crippen molar-refractivity contribution in [2.24, 2.45) is 11.8 Å². The number of amides is 2. The molecule has 0 aromatic rings. The maximum absolute atomic E-state index is 13.5. The molecule has 0 radical (unpaired) electrons. The van der Waals surface area contributed by atoms with Gasteiger partial charge in [0.1, 0.15) is 24.7 Å². The Labute approximate surface area is 163 Å². The van der Waals surface area contributed by atoms with Crippen LogP contribution in [0.25, 0.3) is 0 Å². The fourth-order valence-corrected chi connectivity index (χ4v) is 4.86. The maximum Gasteiger partial charge on any atom is 0.223 e. The van der Waals surface area contributed by atoms with Crippen molar-refractivity contribution >= 4 is 11.8 Å². The minimum Gasteiger partial charge on any atom is -0.353 e. The molecule has 0 spiro atoms. The Morgan fingerprint density at radius 1 is 0.536 bits per heavy atom. The monoisotopic (exact) mass is 406 g/mol. The predicted octanol–water partition coefficient (Wildman–Crippen LogP) is 3.48. The second-order valence-corrected chi connectivity index (χ2v) is 8.76. The summed E-state index contributed by atoms with van der Waals surface area (Å²) in [6.45, 7) is 0. The Morgan fingerprint density at radius 2 is 0.821 bits per heavy atom. The fraction of sp³-hybridized carbons (Fsp3) is 0.900. The van der Waals surface area contributed by atoms with Gasteiger partial charge in [-0.1, -0.05) is 0 Å². The Bertz CT molecular complexity index is 488. The lowest BCUT2D eigenvalue weighted by Crippen LogP contribution is -2.47. The van der Waals surface area contributed by atoms with Gasteiger partial charge >= 0.3 is 0 Å². The van der Waals surface area contributed by atoms with Gasteiger partial charge in [0.05, 0.1) is 0 Å². The van der Waals surface area contributed by atoms with E-state index >= 15 is 0 Å². The minimum atomic E-state index is -1.22. The normalized spacial score (nSPS) is 41.9. The topological polar surface area (TPSA) is 58.2 Å². The number of nitrogens with one attached hydrogen (secondary N) is 2. The van der Waals surface area contributed by atoms with Gasteiger partial charge in [-0.15, -0.1) is 0 Å². The third kappa shape index (κ3) is 5.83. The average molecular weight is 406 g/mol. The van der Waals surface area contributed by atoms with Crippen molar-refractivity contribution in [1.29, 1.82) is 0 Å². The van der Waals surface area contributed by atoms with Gasteiger partial charge < -0.3 is 10.6 Å². The van der Waals surface area contributed by atoms with Crippen molar-refractivity contribution in [1.82, 2.24) is 10.6 Å². The molecule has 3 aliphatic carbocycles. The SMILES string of the molecule is O=C(NC1CC(F)CC(F)C1)C1CCC(C(=O)NC2CC(F)CC(F)C2)CC1. The Hall–Kier alpha value is -1.34. The summed E-state index contributed by atoms with van der Waals surface area (Å²) in [4.78, 5) is 24.8. The van der Waals surface area contributed by atoms with Crippen molar-refractivity contribution in [2.45, 2.75) is 101 Å². The number of hydrogen-bond donors (Lipinski definition) is 2. The predicted molar refractivity (Wildman–Crippen MR) is 96.6 cm³/mol. The van der Waals surface area contributed by atoms with Crippen LogP contribution in [-0.4, -0.2) is 48.6 Å². The van der Waals surface area contributed by atoms with Crippen molar-refractivity contribution in [3.63, 3.8) is 0 Å². The molecular formula is C20H30F4N2O2. The zero-order valence-electron chi connectivity index (χ0n) is 16.0. The van der Waals surface area contributed by atoms with E-state index in [9.17, 15) is 27.2 Å². The molecule has 160 valence electrons. The van der Waals surface area contributed by atoms with Crippen LogP contribution in [0.4, 0.5) is 17.6 Å². The Kier molecular flexibility index (Phi) is 7.20. The highest BCUT2D eigenvalue weighted by atomic mass is 19.2. The molecule has 0 aromatic carbocycles. The van der Waals surface area contributed by atoms with Crippen molar-refractivity contribution < 1.29 is 27.2 Å². The van der Waals surface area contributed by atoms with Crippen molar-refractivity contribution in [2.75, 3.05) is 0 Å². The van der Waals surface area contributed by atoms with Gasteiger partial charge in [0.15, 0.2) is 0 Å². The molecule has 4 unspecified atom stereocenters. The average Bonchev–Trinajstić information content (AvgIpc) is 2.60. The van der Waals surface area contributed by atoms with Crippen LogP contribution >= 0.6 is 0 Å². The molecule has 3 saturated carbocycles. The van der Waals surface area contributed by atoms with E-state index in [-0.39, 0.29) is 62.2 Å². The smallest absolute Gasteiger partial charge is 0.223 e. The Balaban J connectivity index is 1.41. The lowest BCUT2D eigenvalue weighted by Gasteiger charge is -2.33. The molecule has 3 rings (SSSR count). The zero-order chi connectivity index (χ0) is 20.3. The van der Waals surface area contributed by atoms with Crippen LogP contribution in [0, 0.1) is 11.8 Å². The summed E-state index contributed by atoms with van der Waals surface area (Å²) in [6.07, 6.45) is -2.38. The van der Waals surface area contributed by atoms with E-state index in [2.05, 4.69) is 10.6 Å². The maximum atomic E-state index is 13.5. The lowest BCUT2D eigenvalue weighted by atomic mass is 9.80. The van der Waals surface area contributed by atoms with Crippen LogP contribution in [0.1, 0.15) is 64.2 Å². The van der Waals surface area contributed by atoms with Gasteiger partial charge in [0, 0.05) is 36.8 Å². The van der Waals surface area contributed by atoms with E-state index in [1.165, 1.54) is 0 Å². The molecule has 4 nitrogen and oxygen atoms in total. The third-order valence-electron chi connectivity index (χ3n) is 6.35. The molecule has 28 heavy (non-hydrogen) atoms. The second-order valence-electron chi connectivity index (χ2n) is 8.76. The zero-order valence-corrected chi connectivity index (χ0v) is 16.0. The highest BCUT2D eigenvalue weighted by molar-refractivity contribution is 5.81. The van der Waals surface area contributed by atoms with E-state index in [1.54, 1.807) is 0 Å². The number of carbonyl (C=O) groups is 2. The van der Waals surface area contributed by atoms with Gasteiger partial charge in [0.25, 0.3) is 0 Å². The first-order chi connectivity index (χ1) is 13.3. The first-order valence-corrected chi connectivity index (χ1v) is 10.5. The van der Waals surface area contributed by atoms with Gasteiger partial charge in [-0.05, 0) is 51.4 Å². The quantitative estimate of drug-likeness (QED) is 0.703. The third-order valence-corrected chi connectivity index (χ3v) is 6.35. The number of halogens is 4. The van der Waals surface area contributed by atoms with Crippen LogP contribution in [0.3, 0.4) is 0 Å². The fourth-order valence-electron chi connectivity index (χ4n) is 4.86. The molecule has 3 fully saturated rings. The molecule has 2 N–H and O–H groups in total. The molecule has 0 aliphatic heterocycles. The summed E-state index contributed by atoms with van der Waals surface area (Å²) in [5.74, 6) is -0.916. The highest BCUT2D eigenvalue weighted by Gasteiger charge is 2.35. The van der Waals surface area contributed by atoms with Crippen LogP contribution in [-0.2, 0) is 9.59 Å². The number of rotatable bonds is 4. The van der Waals surface area contributed by atoms with Crippen LogP contribution in [0.15, 0.2) is 0 Å². The molecule has 0 bridgehead atoms. The van der Waals surface area contributed by atoms with E-state index in [1.807, 2.05) is 0 Å². The van der Waals surface area contributed by atoms with Crippen molar-refractivity contribution in [3.05, 3.63) is 0 Å². The number of alkyl halides is 4. The lowest BCUT2D eigenvalue weighted by molar-refractivity contribution is -0.131. The first-order valence-electron chi connectivity index (χ1n) is 10.5. The summed E-state index contributed by atoms with van der Waals surface area (Å²) in [5.41, 5.74) is 0. The van der Waals surface area contributed by atoms with Crippen LogP contribution in [0.5, 0.6) is 0 Å². The highest BCUT2D eigenvalue weighted by Crippen LogP contribution is 2.31. The molecule has 8 heteroatoms. The van der Waals surface area contributed by atoms with E-state index < -0.39 is 36.8 Å². The summed E-state index contributed by atoms with van der Waals surface area (Å²) in [6, 6.07) is -0.943. The minimum absolute atomic E-state index is 0.0973. The molecule has 0 saturated heterocycles. The second kappa shape index (κ2) is 9.44. The molecular weight excluding hydrogens is 376 g/mol. The van der Waals surface area contributed by atoms with E-state index in [0.717, 1.165) is 0 Å². The molecule has 2 amide bonds. The van der Waals surface area contributed by atoms with Crippen LogP contribution < -0.4 is 10.6 Å². The number of hydrogen-bond acceptors (Lipinski definition) is 2. The van der Waals surface area contributed by atoms with Crippen molar-refractivity contribution in [3.8, 4) is 0 Å².